The van der Waals surface area contributed by atoms with Crippen LogP contribution in [0.25, 0.3) is 0 Å². The van der Waals surface area contributed by atoms with Crippen molar-refractivity contribution < 1.29 is 19.1 Å². The van der Waals surface area contributed by atoms with Gasteiger partial charge in [0.05, 0.1) is 6.61 Å². The third-order valence-corrected chi connectivity index (χ3v) is 4.81. The SMILES string of the molecule is CCOC(=O)Nc1ccc(C(=O)NC2CCN(C(=O)Nc3ccccc3)CC2)cc1. The molecule has 3 rings (SSSR count). The van der Waals surface area contributed by atoms with Crippen molar-refractivity contribution in [2.24, 2.45) is 0 Å². The lowest BCUT2D eigenvalue weighted by Gasteiger charge is -2.32. The minimum atomic E-state index is -0.530. The summed E-state index contributed by atoms with van der Waals surface area (Å²) in [5.41, 5.74) is 1.83. The van der Waals surface area contributed by atoms with Gasteiger partial charge in [0.15, 0.2) is 0 Å². The zero-order valence-electron chi connectivity index (χ0n) is 16.9. The van der Waals surface area contributed by atoms with Gasteiger partial charge in [-0.2, -0.15) is 0 Å². The van der Waals surface area contributed by atoms with Crippen molar-refractivity contribution in [2.75, 3.05) is 30.3 Å². The molecular formula is C22H26N4O4. The first-order valence-electron chi connectivity index (χ1n) is 10.0. The number of hydrogen-bond donors (Lipinski definition) is 3. The lowest BCUT2D eigenvalue weighted by Crippen LogP contribution is -2.47. The van der Waals surface area contributed by atoms with Crippen molar-refractivity contribution in [3.63, 3.8) is 0 Å². The number of urea groups is 1. The minimum absolute atomic E-state index is 0.00982. The summed E-state index contributed by atoms with van der Waals surface area (Å²) in [7, 11) is 0. The summed E-state index contributed by atoms with van der Waals surface area (Å²) >= 11 is 0. The van der Waals surface area contributed by atoms with Crippen LogP contribution < -0.4 is 16.0 Å². The summed E-state index contributed by atoms with van der Waals surface area (Å²) in [5.74, 6) is -0.176. The highest BCUT2D eigenvalue weighted by molar-refractivity contribution is 5.95. The number of carbonyl (C=O) groups excluding carboxylic acids is 3. The van der Waals surface area contributed by atoms with Crippen LogP contribution in [0.2, 0.25) is 0 Å². The molecule has 2 aromatic carbocycles. The zero-order chi connectivity index (χ0) is 21.3. The fourth-order valence-electron chi connectivity index (χ4n) is 3.21. The molecule has 0 spiro atoms. The summed E-state index contributed by atoms with van der Waals surface area (Å²) in [6.07, 6.45) is 0.852. The van der Waals surface area contributed by atoms with Crippen LogP contribution in [-0.4, -0.2) is 48.7 Å². The molecule has 3 N–H and O–H groups in total. The number of anilines is 2. The van der Waals surface area contributed by atoms with Crippen LogP contribution >= 0.6 is 0 Å². The molecule has 8 nitrogen and oxygen atoms in total. The Morgan fingerprint density at radius 3 is 2.20 bits per heavy atom. The number of nitrogens with one attached hydrogen (secondary N) is 3. The molecule has 30 heavy (non-hydrogen) atoms. The molecule has 0 unspecified atom stereocenters. The van der Waals surface area contributed by atoms with Gasteiger partial charge in [-0.05, 0) is 56.2 Å². The Morgan fingerprint density at radius 2 is 1.57 bits per heavy atom. The molecule has 8 heteroatoms. The van der Waals surface area contributed by atoms with Crippen molar-refractivity contribution in [2.45, 2.75) is 25.8 Å². The van der Waals surface area contributed by atoms with Crippen LogP contribution in [0.5, 0.6) is 0 Å². The summed E-state index contributed by atoms with van der Waals surface area (Å²) < 4.78 is 4.82. The van der Waals surface area contributed by atoms with E-state index in [1.807, 2.05) is 30.3 Å². The fourth-order valence-corrected chi connectivity index (χ4v) is 3.21. The predicted molar refractivity (Wildman–Crippen MR) is 115 cm³/mol. The van der Waals surface area contributed by atoms with Crippen LogP contribution in [-0.2, 0) is 4.74 Å². The van der Waals surface area contributed by atoms with Crippen LogP contribution in [0.3, 0.4) is 0 Å². The second-order valence-corrected chi connectivity index (χ2v) is 6.95. The number of benzene rings is 2. The molecule has 1 saturated heterocycles. The number of carbonyl (C=O) groups is 3. The zero-order valence-corrected chi connectivity index (χ0v) is 16.9. The number of ether oxygens (including phenoxy) is 1. The molecule has 1 fully saturated rings. The van der Waals surface area contributed by atoms with Gasteiger partial charge in [-0.15, -0.1) is 0 Å². The van der Waals surface area contributed by atoms with E-state index in [9.17, 15) is 14.4 Å². The van der Waals surface area contributed by atoms with Gasteiger partial charge in [0.1, 0.15) is 0 Å². The molecule has 0 atom stereocenters. The maximum atomic E-state index is 12.5. The third-order valence-electron chi connectivity index (χ3n) is 4.81. The summed E-state index contributed by atoms with van der Waals surface area (Å²) in [5, 5.41) is 8.48. The Kier molecular flexibility index (Phi) is 7.26. The van der Waals surface area contributed by atoms with E-state index in [4.69, 9.17) is 4.74 Å². The average molecular weight is 410 g/mol. The van der Waals surface area contributed by atoms with E-state index in [2.05, 4.69) is 16.0 Å². The first-order chi connectivity index (χ1) is 14.5. The largest absolute Gasteiger partial charge is 0.450 e. The highest BCUT2D eigenvalue weighted by Crippen LogP contribution is 2.15. The summed E-state index contributed by atoms with van der Waals surface area (Å²) in [4.78, 5) is 38.0. The number of para-hydroxylation sites is 1. The number of nitrogens with zero attached hydrogens (tertiary/aromatic N) is 1. The highest BCUT2D eigenvalue weighted by atomic mass is 16.5. The Labute approximate surface area is 175 Å². The minimum Gasteiger partial charge on any atom is -0.450 e. The molecule has 158 valence electrons. The van der Waals surface area contributed by atoms with E-state index in [1.54, 1.807) is 36.1 Å². The second kappa shape index (κ2) is 10.3. The van der Waals surface area contributed by atoms with E-state index in [-0.39, 0.29) is 18.0 Å². The van der Waals surface area contributed by atoms with Crippen molar-refractivity contribution in [1.82, 2.24) is 10.2 Å². The van der Waals surface area contributed by atoms with Gasteiger partial charge in [-0.1, -0.05) is 18.2 Å². The molecular weight excluding hydrogens is 384 g/mol. The summed E-state index contributed by atoms with van der Waals surface area (Å²) in [6, 6.07) is 15.8. The van der Waals surface area contributed by atoms with E-state index in [0.717, 1.165) is 5.69 Å². The number of likely N-dealkylation sites (tertiary alicyclic amines) is 1. The van der Waals surface area contributed by atoms with Crippen LogP contribution in [0.1, 0.15) is 30.1 Å². The maximum Gasteiger partial charge on any atom is 0.411 e. The Bertz CT molecular complexity index is 862. The van der Waals surface area contributed by atoms with Gasteiger partial charge in [0, 0.05) is 36.1 Å². The Balaban J connectivity index is 1.44. The van der Waals surface area contributed by atoms with Crippen LogP contribution in [0, 0.1) is 0 Å². The Hall–Kier alpha value is -3.55. The molecule has 0 saturated carbocycles. The van der Waals surface area contributed by atoms with E-state index >= 15 is 0 Å². The lowest BCUT2D eigenvalue weighted by atomic mass is 10.0. The van der Waals surface area contributed by atoms with Gasteiger partial charge >= 0.3 is 12.1 Å². The van der Waals surface area contributed by atoms with Gasteiger partial charge in [-0.25, -0.2) is 9.59 Å². The number of amides is 4. The first kappa shape index (κ1) is 21.2. The monoisotopic (exact) mass is 410 g/mol. The quantitative estimate of drug-likeness (QED) is 0.700. The highest BCUT2D eigenvalue weighted by Gasteiger charge is 2.24. The Morgan fingerprint density at radius 1 is 0.933 bits per heavy atom. The second-order valence-electron chi connectivity index (χ2n) is 6.95. The molecule has 0 aliphatic carbocycles. The van der Waals surface area contributed by atoms with Crippen molar-refractivity contribution in [3.8, 4) is 0 Å². The van der Waals surface area contributed by atoms with E-state index in [1.165, 1.54) is 0 Å². The van der Waals surface area contributed by atoms with E-state index < -0.39 is 6.09 Å². The molecule has 1 aliphatic rings. The molecule has 2 aromatic rings. The van der Waals surface area contributed by atoms with Gasteiger partial charge in [0.25, 0.3) is 5.91 Å². The van der Waals surface area contributed by atoms with Gasteiger partial charge in [-0.3, -0.25) is 10.1 Å². The molecule has 0 radical (unpaired) electrons. The van der Waals surface area contributed by atoms with Gasteiger partial charge in [0.2, 0.25) is 0 Å². The normalized spacial score (nSPS) is 14.0. The number of rotatable bonds is 5. The smallest absolute Gasteiger partial charge is 0.411 e. The number of piperidine rings is 1. The fraction of sp³-hybridized carbons (Fsp3) is 0.318. The van der Waals surface area contributed by atoms with Crippen molar-refractivity contribution in [1.29, 1.82) is 0 Å². The molecule has 4 amide bonds. The summed E-state index contributed by atoms with van der Waals surface area (Å²) in [6.45, 7) is 3.17. The lowest BCUT2D eigenvalue weighted by molar-refractivity contribution is 0.0919. The third kappa shape index (κ3) is 5.97. The number of hydrogen-bond acceptors (Lipinski definition) is 4. The molecule has 0 aromatic heterocycles. The average Bonchev–Trinajstić information content (AvgIpc) is 2.75. The first-order valence-corrected chi connectivity index (χ1v) is 10.0. The van der Waals surface area contributed by atoms with Crippen LogP contribution in [0.15, 0.2) is 54.6 Å². The molecule has 1 heterocycles. The van der Waals surface area contributed by atoms with E-state index in [0.29, 0.717) is 43.8 Å². The molecule has 1 aliphatic heterocycles. The maximum absolute atomic E-state index is 12.5. The van der Waals surface area contributed by atoms with Crippen molar-refractivity contribution in [3.05, 3.63) is 60.2 Å². The van der Waals surface area contributed by atoms with Crippen molar-refractivity contribution >= 4 is 29.4 Å². The standard InChI is InChI=1S/C22H26N4O4/c1-2-30-22(29)25-18-10-8-16(9-11-18)20(27)23-19-12-14-26(15-13-19)21(28)24-17-6-4-3-5-7-17/h3-11,19H,2,12-15H2,1H3,(H,23,27)(H,24,28)(H,25,29). The predicted octanol–water partition coefficient (Wildman–Crippen LogP) is 3.68. The topological polar surface area (TPSA) is 99.8 Å². The molecule has 0 bridgehead atoms. The van der Waals surface area contributed by atoms with Gasteiger partial charge < -0.3 is 20.3 Å². The van der Waals surface area contributed by atoms with Crippen LogP contribution in [0.4, 0.5) is 21.0 Å².